The second-order valence-electron chi connectivity index (χ2n) is 4.42. The maximum atomic E-state index is 12.0. The van der Waals surface area contributed by atoms with Crippen molar-refractivity contribution in [1.82, 2.24) is 10.3 Å². The number of aromatic nitrogens is 1. The Morgan fingerprint density at radius 1 is 1.63 bits per heavy atom. The van der Waals surface area contributed by atoms with Crippen LogP contribution in [0.3, 0.4) is 0 Å². The lowest BCUT2D eigenvalue weighted by atomic mass is 10.2. The monoisotopic (exact) mass is 279 g/mol. The topological polar surface area (TPSA) is 81.2 Å². The van der Waals surface area contributed by atoms with Crippen molar-refractivity contribution >= 4 is 17.2 Å². The molecule has 6 heteroatoms. The maximum absolute atomic E-state index is 12.0. The Morgan fingerprint density at radius 3 is 3.05 bits per heavy atom. The SMILES string of the molecule is Cc1sc(-c2ccco2)nc1C(=O)NCCC(C)N. The summed E-state index contributed by atoms with van der Waals surface area (Å²) in [4.78, 5) is 17.2. The first-order valence-corrected chi connectivity index (χ1v) is 6.94. The van der Waals surface area contributed by atoms with E-state index in [1.807, 2.05) is 19.9 Å². The van der Waals surface area contributed by atoms with Crippen molar-refractivity contribution in [3.8, 4) is 10.8 Å². The van der Waals surface area contributed by atoms with Gasteiger partial charge >= 0.3 is 0 Å². The lowest BCUT2D eigenvalue weighted by Gasteiger charge is -2.06. The summed E-state index contributed by atoms with van der Waals surface area (Å²) >= 11 is 1.45. The average Bonchev–Trinajstić information content (AvgIpc) is 2.96. The van der Waals surface area contributed by atoms with E-state index in [2.05, 4.69) is 10.3 Å². The first kappa shape index (κ1) is 13.8. The lowest BCUT2D eigenvalue weighted by molar-refractivity contribution is 0.0948. The number of carbonyl (C=O) groups is 1. The van der Waals surface area contributed by atoms with E-state index in [0.29, 0.717) is 18.0 Å². The van der Waals surface area contributed by atoms with Gasteiger partial charge in [-0.25, -0.2) is 4.98 Å². The Bertz CT molecular complexity index is 546. The molecule has 2 aromatic heterocycles. The zero-order valence-electron chi connectivity index (χ0n) is 11.0. The molecule has 3 N–H and O–H groups in total. The normalized spacial score (nSPS) is 12.4. The van der Waals surface area contributed by atoms with Gasteiger partial charge in [-0.15, -0.1) is 11.3 Å². The Labute approximate surface area is 115 Å². The van der Waals surface area contributed by atoms with Crippen LogP contribution in [-0.2, 0) is 0 Å². The van der Waals surface area contributed by atoms with Gasteiger partial charge in [-0.05, 0) is 32.4 Å². The fourth-order valence-corrected chi connectivity index (χ4v) is 2.49. The van der Waals surface area contributed by atoms with Gasteiger partial charge in [0.05, 0.1) is 6.26 Å². The predicted molar refractivity (Wildman–Crippen MR) is 75.2 cm³/mol. The third-order valence-electron chi connectivity index (χ3n) is 2.63. The molecule has 2 rings (SSSR count). The summed E-state index contributed by atoms with van der Waals surface area (Å²) in [5, 5.41) is 3.55. The zero-order chi connectivity index (χ0) is 13.8. The summed E-state index contributed by atoms with van der Waals surface area (Å²) in [6, 6.07) is 3.71. The van der Waals surface area contributed by atoms with Crippen LogP contribution in [0, 0.1) is 6.92 Å². The number of hydrogen-bond donors (Lipinski definition) is 2. The average molecular weight is 279 g/mol. The molecule has 0 saturated heterocycles. The second-order valence-corrected chi connectivity index (χ2v) is 5.63. The van der Waals surface area contributed by atoms with Crippen molar-refractivity contribution in [2.45, 2.75) is 26.3 Å². The molecule has 19 heavy (non-hydrogen) atoms. The van der Waals surface area contributed by atoms with Crippen LogP contribution in [0.25, 0.3) is 10.8 Å². The van der Waals surface area contributed by atoms with Gasteiger partial charge in [0.1, 0.15) is 5.69 Å². The first-order chi connectivity index (χ1) is 9.08. The molecule has 0 bridgehead atoms. The summed E-state index contributed by atoms with van der Waals surface area (Å²) in [6.07, 6.45) is 2.34. The first-order valence-electron chi connectivity index (χ1n) is 6.13. The van der Waals surface area contributed by atoms with Crippen LogP contribution in [0.4, 0.5) is 0 Å². The lowest BCUT2D eigenvalue weighted by Crippen LogP contribution is -2.29. The molecular weight excluding hydrogens is 262 g/mol. The van der Waals surface area contributed by atoms with E-state index in [1.165, 1.54) is 11.3 Å². The van der Waals surface area contributed by atoms with Gasteiger partial charge < -0.3 is 15.5 Å². The molecule has 1 amide bonds. The molecule has 1 atom stereocenters. The number of nitrogens with one attached hydrogen (secondary N) is 1. The molecule has 0 radical (unpaired) electrons. The maximum Gasteiger partial charge on any atom is 0.271 e. The molecule has 2 heterocycles. The molecule has 2 aromatic rings. The fourth-order valence-electron chi connectivity index (χ4n) is 1.61. The second kappa shape index (κ2) is 5.99. The minimum atomic E-state index is -0.160. The van der Waals surface area contributed by atoms with Crippen molar-refractivity contribution in [2.75, 3.05) is 6.54 Å². The van der Waals surface area contributed by atoms with Gasteiger partial charge in [-0.3, -0.25) is 4.79 Å². The summed E-state index contributed by atoms with van der Waals surface area (Å²) in [5.74, 6) is 0.523. The van der Waals surface area contributed by atoms with E-state index in [1.54, 1.807) is 12.3 Å². The number of furan rings is 1. The minimum Gasteiger partial charge on any atom is -0.462 e. The molecule has 0 saturated carbocycles. The third kappa shape index (κ3) is 3.42. The van der Waals surface area contributed by atoms with Crippen LogP contribution >= 0.6 is 11.3 Å². The van der Waals surface area contributed by atoms with Gasteiger partial charge in [0.15, 0.2) is 10.8 Å². The Morgan fingerprint density at radius 2 is 2.42 bits per heavy atom. The number of rotatable bonds is 5. The van der Waals surface area contributed by atoms with Crippen molar-refractivity contribution in [3.05, 3.63) is 29.0 Å². The summed E-state index contributed by atoms with van der Waals surface area (Å²) < 4.78 is 5.28. The highest BCUT2D eigenvalue weighted by molar-refractivity contribution is 7.15. The number of amides is 1. The summed E-state index contributed by atoms with van der Waals surface area (Å²) in [5.41, 5.74) is 6.10. The van der Waals surface area contributed by atoms with Crippen LogP contribution in [-0.4, -0.2) is 23.5 Å². The van der Waals surface area contributed by atoms with Crippen LogP contribution in [0.5, 0.6) is 0 Å². The van der Waals surface area contributed by atoms with Crippen LogP contribution < -0.4 is 11.1 Å². The van der Waals surface area contributed by atoms with E-state index in [4.69, 9.17) is 10.2 Å². The van der Waals surface area contributed by atoms with Crippen molar-refractivity contribution in [1.29, 1.82) is 0 Å². The third-order valence-corrected chi connectivity index (χ3v) is 3.61. The zero-order valence-corrected chi connectivity index (χ0v) is 11.8. The molecular formula is C13H17N3O2S. The minimum absolute atomic E-state index is 0.0792. The van der Waals surface area contributed by atoms with E-state index >= 15 is 0 Å². The number of aryl methyl sites for hydroxylation is 1. The van der Waals surface area contributed by atoms with Gasteiger partial charge in [-0.1, -0.05) is 0 Å². The number of thiazole rings is 1. The smallest absolute Gasteiger partial charge is 0.271 e. The molecule has 0 aliphatic carbocycles. The van der Waals surface area contributed by atoms with Gasteiger partial charge in [0, 0.05) is 17.5 Å². The standard InChI is InChI=1S/C13H17N3O2S/c1-8(14)5-6-15-12(17)11-9(2)19-13(16-11)10-4-3-7-18-10/h3-4,7-8H,5-6,14H2,1-2H3,(H,15,17). The summed E-state index contributed by atoms with van der Waals surface area (Å²) in [7, 11) is 0. The Balaban J connectivity index is 2.06. The highest BCUT2D eigenvalue weighted by Crippen LogP contribution is 2.27. The van der Waals surface area contributed by atoms with E-state index in [-0.39, 0.29) is 11.9 Å². The molecule has 0 aliphatic rings. The van der Waals surface area contributed by atoms with Crippen LogP contribution in [0.2, 0.25) is 0 Å². The number of hydrogen-bond acceptors (Lipinski definition) is 5. The van der Waals surface area contributed by atoms with Gasteiger partial charge in [-0.2, -0.15) is 0 Å². The molecule has 1 unspecified atom stereocenters. The Hall–Kier alpha value is -1.66. The Kier molecular flexibility index (Phi) is 4.34. The molecule has 0 aliphatic heterocycles. The highest BCUT2D eigenvalue weighted by atomic mass is 32.1. The van der Waals surface area contributed by atoms with E-state index in [9.17, 15) is 4.79 Å². The molecule has 0 spiro atoms. The van der Waals surface area contributed by atoms with Crippen molar-refractivity contribution in [2.24, 2.45) is 5.73 Å². The fraction of sp³-hybridized carbons (Fsp3) is 0.385. The number of carbonyl (C=O) groups excluding carboxylic acids is 1. The molecule has 0 aromatic carbocycles. The summed E-state index contributed by atoms with van der Waals surface area (Å²) in [6.45, 7) is 4.35. The predicted octanol–water partition coefficient (Wildman–Crippen LogP) is 2.18. The number of nitrogens with zero attached hydrogens (tertiary/aromatic N) is 1. The van der Waals surface area contributed by atoms with Crippen molar-refractivity contribution < 1.29 is 9.21 Å². The van der Waals surface area contributed by atoms with E-state index in [0.717, 1.165) is 16.3 Å². The molecule has 0 fully saturated rings. The quantitative estimate of drug-likeness (QED) is 0.879. The van der Waals surface area contributed by atoms with Crippen LogP contribution in [0.15, 0.2) is 22.8 Å². The van der Waals surface area contributed by atoms with Gasteiger partial charge in [0.2, 0.25) is 0 Å². The van der Waals surface area contributed by atoms with Crippen molar-refractivity contribution in [3.63, 3.8) is 0 Å². The number of nitrogens with two attached hydrogens (primary N) is 1. The molecule has 5 nitrogen and oxygen atoms in total. The largest absolute Gasteiger partial charge is 0.462 e. The van der Waals surface area contributed by atoms with Crippen LogP contribution in [0.1, 0.15) is 28.7 Å². The van der Waals surface area contributed by atoms with Gasteiger partial charge in [0.25, 0.3) is 5.91 Å². The van der Waals surface area contributed by atoms with E-state index < -0.39 is 0 Å². The highest BCUT2D eigenvalue weighted by Gasteiger charge is 2.17. The molecule has 102 valence electrons.